The second-order valence-corrected chi connectivity index (χ2v) is 7.64. The molecule has 1 saturated heterocycles. The minimum absolute atomic E-state index is 0.00900. The summed E-state index contributed by atoms with van der Waals surface area (Å²) in [7, 11) is 0. The van der Waals surface area contributed by atoms with Gasteiger partial charge < -0.3 is 19.0 Å². The molecule has 0 bridgehead atoms. The van der Waals surface area contributed by atoms with Crippen LogP contribution in [0.5, 0.6) is 0 Å². The molecule has 0 radical (unpaired) electrons. The zero-order valence-corrected chi connectivity index (χ0v) is 16.6. The average molecular weight is 413 g/mol. The van der Waals surface area contributed by atoms with Crippen molar-refractivity contribution in [3.05, 3.63) is 42.2 Å². The SMILES string of the molecule is CC(=O)N1CCN(C(=O)COC(=O)c2ccc(-c3nc4ccccc4s3)o2)CC1. The Kier molecular flexibility index (Phi) is 5.30. The normalized spacial score (nSPS) is 14.2. The number of piperazine rings is 1. The van der Waals surface area contributed by atoms with Crippen LogP contribution in [0.2, 0.25) is 0 Å². The number of thiazole rings is 1. The Balaban J connectivity index is 1.33. The van der Waals surface area contributed by atoms with Gasteiger partial charge in [-0.25, -0.2) is 9.78 Å². The van der Waals surface area contributed by atoms with Gasteiger partial charge in [-0.15, -0.1) is 11.3 Å². The van der Waals surface area contributed by atoms with Crippen molar-refractivity contribution in [3.8, 4) is 10.8 Å². The largest absolute Gasteiger partial charge is 0.450 e. The molecule has 29 heavy (non-hydrogen) atoms. The fraction of sp³-hybridized carbons (Fsp3) is 0.300. The lowest BCUT2D eigenvalue weighted by atomic mass is 10.3. The summed E-state index contributed by atoms with van der Waals surface area (Å²) in [5.41, 5.74) is 0.864. The summed E-state index contributed by atoms with van der Waals surface area (Å²) in [5.74, 6) is -0.504. The van der Waals surface area contributed by atoms with Crippen molar-refractivity contribution in [1.82, 2.24) is 14.8 Å². The zero-order chi connectivity index (χ0) is 20.4. The fourth-order valence-corrected chi connectivity index (χ4v) is 4.03. The molecule has 0 spiro atoms. The summed E-state index contributed by atoms with van der Waals surface area (Å²) in [5, 5.41) is 0.671. The molecule has 0 aliphatic carbocycles. The van der Waals surface area contributed by atoms with Gasteiger partial charge in [0.05, 0.1) is 10.2 Å². The number of rotatable bonds is 4. The molecule has 1 fully saturated rings. The Morgan fingerprint density at radius 3 is 2.52 bits per heavy atom. The lowest BCUT2D eigenvalue weighted by molar-refractivity contribution is -0.140. The van der Waals surface area contributed by atoms with E-state index in [4.69, 9.17) is 9.15 Å². The molecule has 3 aromatic rings. The summed E-state index contributed by atoms with van der Waals surface area (Å²) in [4.78, 5) is 43.6. The van der Waals surface area contributed by atoms with E-state index in [1.807, 2.05) is 24.3 Å². The third-order valence-corrected chi connectivity index (χ3v) is 5.77. The Bertz CT molecular complexity index is 1030. The Morgan fingerprint density at radius 1 is 1.07 bits per heavy atom. The summed E-state index contributed by atoms with van der Waals surface area (Å²) in [6.07, 6.45) is 0. The van der Waals surface area contributed by atoms with Crippen LogP contribution >= 0.6 is 11.3 Å². The van der Waals surface area contributed by atoms with Crippen molar-refractivity contribution in [1.29, 1.82) is 0 Å². The predicted molar refractivity (Wildman–Crippen MR) is 106 cm³/mol. The van der Waals surface area contributed by atoms with Gasteiger partial charge in [-0.3, -0.25) is 9.59 Å². The van der Waals surface area contributed by atoms with Crippen LogP contribution < -0.4 is 0 Å². The lowest BCUT2D eigenvalue weighted by Gasteiger charge is -2.34. The predicted octanol–water partition coefficient (Wildman–Crippen LogP) is 2.40. The molecule has 9 heteroatoms. The second kappa shape index (κ2) is 8.04. The number of nitrogens with zero attached hydrogens (tertiary/aromatic N) is 3. The first kappa shape index (κ1) is 19.1. The first-order valence-corrected chi connectivity index (χ1v) is 9.99. The van der Waals surface area contributed by atoms with E-state index in [2.05, 4.69) is 4.98 Å². The van der Waals surface area contributed by atoms with Gasteiger partial charge >= 0.3 is 5.97 Å². The van der Waals surface area contributed by atoms with Crippen molar-refractivity contribution in [3.63, 3.8) is 0 Å². The fourth-order valence-electron chi connectivity index (χ4n) is 3.10. The van der Waals surface area contributed by atoms with Crippen molar-refractivity contribution >= 4 is 39.3 Å². The number of furan rings is 1. The van der Waals surface area contributed by atoms with E-state index >= 15 is 0 Å². The number of hydrogen-bond acceptors (Lipinski definition) is 7. The molecule has 0 atom stereocenters. The first-order valence-electron chi connectivity index (χ1n) is 9.17. The van der Waals surface area contributed by atoms with Gasteiger partial charge in [-0.05, 0) is 24.3 Å². The van der Waals surface area contributed by atoms with Crippen LogP contribution in [0.25, 0.3) is 21.0 Å². The van der Waals surface area contributed by atoms with E-state index in [0.717, 1.165) is 10.2 Å². The highest BCUT2D eigenvalue weighted by atomic mass is 32.1. The maximum absolute atomic E-state index is 12.2. The van der Waals surface area contributed by atoms with Crippen LogP contribution in [0.3, 0.4) is 0 Å². The van der Waals surface area contributed by atoms with E-state index in [1.54, 1.807) is 15.9 Å². The van der Waals surface area contributed by atoms with E-state index in [0.29, 0.717) is 36.9 Å². The van der Waals surface area contributed by atoms with Crippen molar-refractivity contribution in [2.24, 2.45) is 0 Å². The maximum atomic E-state index is 12.2. The molecule has 0 saturated carbocycles. The summed E-state index contributed by atoms with van der Waals surface area (Å²) < 4.78 is 11.7. The van der Waals surface area contributed by atoms with Gasteiger partial charge in [0.1, 0.15) is 0 Å². The van der Waals surface area contributed by atoms with Crippen LogP contribution in [0.1, 0.15) is 17.5 Å². The van der Waals surface area contributed by atoms with Crippen molar-refractivity contribution in [2.75, 3.05) is 32.8 Å². The number of fused-ring (bicyclic) bond motifs is 1. The molecule has 2 aromatic heterocycles. The third kappa shape index (κ3) is 4.14. The van der Waals surface area contributed by atoms with Gasteiger partial charge in [-0.2, -0.15) is 0 Å². The molecule has 1 aromatic carbocycles. The summed E-state index contributed by atoms with van der Waals surface area (Å²) >= 11 is 1.47. The quantitative estimate of drug-likeness (QED) is 0.610. The number of carbonyl (C=O) groups excluding carboxylic acids is 3. The number of carbonyl (C=O) groups is 3. The van der Waals surface area contributed by atoms with Crippen LogP contribution in [0, 0.1) is 0 Å². The number of para-hydroxylation sites is 1. The zero-order valence-electron chi connectivity index (χ0n) is 15.8. The minimum atomic E-state index is -0.701. The van der Waals surface area contributed by atoms with E-state index in [-0.39, 0.29) is 24.2 Å². The van der Waals surface area contributed by atoms with E-state index in [9.17, 15) is 14.4 Å². The molecular weight excluding hydrogens is 394 g/mol. The summed E-state index contributed by atoms with van der Waals surface area (Å²) in [6.45, 7) is 2.97. The van der Waals surface area contributed by atoms with E-state index < -0.39 is 5.97 Å². The monoisotopic (exact) mass is 413 g/mol. The second-order valence-electron chi connectivity index (χ2n) is 6.61. The molecular formula is C20H19N3O5S. The van der Waals surface area contributed by atoms with Gasteiger partial charge in [-0.1, -0.05) is 12.1 Å². The van der Waals surface area contributed by atoms with Gasteiger partial charge in [0.2, 0.25) is 11.7 Å². The smallest absolute Gasteiger partial charge is 0.374 e. The van der Waals surface area contributed by atoms with Crippen LogP contribution in [-0.2, 0) is 14.3 Å². The van der Waals surface area contributed by atoms with Gasteiger partial charge in [0, 0.05) is 33.1 Å². The molecule has 1 aliphatic rings. The highest BCUT2D eigenvalue weighted by Gasteiger charge is 2.24. The van der Waals surface area contributed by atoms with Crippen LogP contribution in [0.4, 0.5) is 0 Å². The molecule has 2 amide bonds. The number of hydrogen-bond donors (Lipinski definition) is 0. The molecule has 3 heterocycles. The number of benzene rings is 1. The van der Waals surface area contributed by atoms with Crippen LogP contribution in [-0.4, -0.2) is 65.4 Å². The highest BCUT2D eigenvalue weighted by molar-refractivity contribution is 7.21. The number of ether oxygens (including phenoxy) is 1. The molecule has 150 valence electrons. The first-order chi connectivity index (χ1) is 14.0. The van der Waals surface area contributed by atoms with Crippen molar-refractivity contribution < 1.29 is 23.5 Å². The Labute approximate surface area is 170 Å². The lowest BCUT2D eigenvalue weighted by Crippen LogP contribution is -2.51. The molecule has 8 nitrogen and oxygen atoms in total. The number of aromatic nitrogens is 1. The Hall–Kier alpha value is -3.20. The third-order valence-electron chi connectivity index (χ3n) is 4.72. The summed E-state index contributed by atoms with van der Waals surface area (Å²) in [6, 6.07) is 10.9. The van der Waals surface area contributed by atoms with Gasteiger partial charge in [0.25, 0.3) is 5.91 Å². The number of esters is 1. The van der Waals surface area contributed by atoms with Crippen LogP contribution in [0.15, 0.2) is 40.8 Å². The standard InChI is InChI=1S/C20H19N3O5S/c1-13(24)22-8-10-23(11-9-22)18(25)12-27-20(26)16-7-6-15(28-16)19-21-14-4-2-3-5-17(14)29-19/h2-7H,8-12H2,1H3. The topological polar surface area (TPSA) is 93.0 Å². The van der Waals surface area contributed by atoms with E-state index in [1.165, 1.54) is 24.3 Å². The average Bonchev–Trinajstić information content (AvgIpc) is 3.38. The Morgan fingerprint density at radius 2 is 1.79 bits per heavy atom. The molecule has 0 unspecified atom stereocenters. The minimum Gasteiger partial charge on any atom is -0.450 e. The van der Waals surface area contributed by atoms with Crippen molar-refractivity contribution in [2.45, 2.75) is 6.92 Å². The maximum Gasteiger partial charge on any atom is 0.374 e. The molecule has 0 N–H and O–H groups in total. The number of amides is 2. The highest BCUT2D eigenvalue weighted by Crippen LogP contribution is 2.31. The molecule has 4 rings (SSSR count). The molecule has 1 aliphatic heterocycles. The van der Waals surface area contributed by atoms with Gasteiger partial charge in [0.15, 0.2) is 17.4 Å².